The second-order valence-electron chi connectivity index (χ2n) is 5.62. The van der Waals surface area contributed by atoms with Gasteiger partial charge < -0.3 is 14.5 Å². The molecule has 2 rings (SSSR count). The summed E-state index contributed by atoms with van der Waals surface area (Å²) in [5, 5.41) is 2.96. The Morgan fingerprint density at radius 2 is 2.08 bits per heavy atom. The quantitative estimate of drug-likeness (QED) is 0.786. The standard InChI is InChI=1S/C18H24N2O3S/c1-5-12(2)19-17(21)11-24-10-16-13(3)23-18(20-16)14-6-8-15(22-4)9-7-14/h6-9,12H,5,10-11H2,1-4H3,(H,19,21). The zero-order valence-electron chi connectivity index (χ0n) is 14.6. The van der Waals surface area contributed by atoms with Gasteiger partial charge in [-0.3, -0.25) is 4.79 Å². The highest BCUT2D eigenvalue weighted by molar-refractivity contribution is 7.99. The average Bonchev–Trinajstić information content (AvgIpc) is 2.95. The van der Waals surface area contributed by atoms with Crippen molar-refractivity contribution in [2.24, 2.45) is 0 Å². The number of hydrogen-bond donors (Lipinski definition) is 1. The number of nitrogens with zero attached hydrogens (tertiary/aromatic N) is 1. The Balaban J connectivity index is 1.92. The zero-order chi connectivity index (χ0) is 17.5. The van der Waals surface area contributed by atoms with Crippen LogP contribution < -0.4 is 10.1 Å². The van der Waals surface area contributed by atoms with Crippen LogP contribution in [0.2, 0.25) is 0 Å². The van der Waals surface area contributed by atoms with Crippen LogP contribution in [0.4, 0.5) is 0 Å². The first kappa shape index (κ1) is 18.4. The van der Waals surface area contributed by atoms with Crippen LogP contribution in [0.5, 0.6) is 5.75 Å². The van der Waals surface area contributed by atoms with Crippen LogP contribution in [0.1, 0.15) is 31.7 Å². The molecule has 130 valence electrons. The summed E-state index contributed by atoms with van der Waals surface area (Å²) in [5.41, 5.74) is 1.78. The largest absolute Gasteiger partial charge is 0.497 e. The Bertz CT molecular complexity index is 667. The number of aryl methyl sites for hydroxylation is 1. The van der Waals surface area contributed by atoms with Crippen LogP contribution in [0.15, 0.2) is 28.7 Å². The van der Waals surface area contributed by atoms with Gasteiger partial charge >= 0.3 is 0 Å². The molecule has 1 aromatic carbocycles. The molecule has 1 atom stereocenters. The van der Waals surface area contributed by atoms with E-state index in [0.717, 1.165) is 29.2 Å². The van der Waals surface area contributed by atoms with E-state index in [4.69, 9.17) is 9.15 Å². The third-order valence-electron chi connectivity index (χ3n) is 3.72. The Hall–Kier alpha value is -1.95. The molecule has 0 saturated carbocycles. The van der Waals surface area contributed by atoms with Crippen LogP contribution in [0.25, 0.3) is 11.5 Å². The highest BCUT2D eigenvalue weighted by atomic mass is 32.2. The molecule has 0 aliphatic rings. The van der Waals surface area contributed by atoms with Crippen molar-refractivity contribution in [3.63, 3.8) is 0 Å². The van der Waals surface area contributed by atoms with E-state index >= 15 is 0 Å². The van der Waals surface area contributed by atoms with E-state index in [-0.39, 0.29) is 11.9 Å². The molecule has 1 amide bonds. The number of rotatable bonds is 8. The van der Waals surface area contributed by atoms with Crippen molar-refractivity contribution in [1.82, 2.24) is 10.3 Å². The Kier molecular flexibility index (Phi) is 6.73. The van der Waals surface area contributed by atoms with Gasteiger partial charge in [-0.15, -0.1) is 11.8 Å². The van der Waals surface area contributed by atoms with E-state index in [1.807, 2.05) is 38.1 Å². The maximum Gasteiger partial charge on any atom is 0.230 e. The summed E-state index contributed by atoms with van der Waals surface area (Å²) in [5.74, 6) is 3.31. The van der Waals surface area contributed by atoms with Crippen molar-refractivity contribution in [3.8, 4) is 17.2 Å². The number of carbonyl (C=O) groups excluding carboxylic acids is 1. The Morgan fingerprint density at radius 3 is 2.71 bits per heavy atom. The highest BCUT2D eigenvalue weighted by Gasteiger charge is 2.13. The van der Waals surface area contributed by atoms with Crippen LogP contribution in [0.3, 0.4) is 0 Å². The van der Waals surface area contributed by atoms with E-state index in [0.29, 0.717) is 17.4 Å². The molecule has 0 aliphatic carbocycles. The van der Waals surface area contributed by atoms with Gasteiger partial charge in [0.25, 0.3) is 0 Å². The van der Waals surface area contributed by atoms with Gasteiger partial charge in [-0.25, -0.2) is 4.98 Å². The summed E-state index contributed by atoms with van der Waals surface area (Å²) >= 11 is 1.54. The van der Waals surface area contributed by atoms with Crippen molar-refractivity contribution in [2.45, 2.75) is 39.0 Å². The molecule has 0 saturated heterocycles. The number of hydrogen-bond acceptors (Lipinski definition) is 5. The fourth-order valence-corrected chi connectivity index (χ4v) is 2.91. The highest BCUT2D eigenvalue weighted by Crippen LogP contribution is 2.25. The minimum Gasteiger partial charge on any atom is -0.497 e. The van der Waals surface area contributed by atoms with Crippen molar-refractivity contribution < 1.29 is 13.9 Å². The minimum absolute atomic E-state index is 0.0610. The smallest absolute Gasteiger partial charge is 0.230 e. The van der Waals surface area contributed by atoms with Crippen LogP contribution in [0, 0.1) is 6.92 Å². The first-order valence-electron chi connectivity index (χ1n) is 8.01. The third kappa shape index (κ3) is 5.03. The van der Waals surface area contributed by atoms with Gasteiger partial charge in [-0.2, -0.15) is 0 Å². The average molecular weight is 348 g/mol. The number of carbonyl (C=O) groups is 1. The fourth-order valence-electron chi connectivity index (χ4n) is 2.08. The van der Waals surface area contributed by atoms with Crippen molar-refractivity contribution >= 4 is 17.7 Å². The number of benzene rings is 1. The van der Waals surface area contributed by atoms with Gasteiger partial charge in [0.05, 0.1) is 18.6 Å². The van der Waals surface area contributed by atoms with E-state index < -0.39 is 0 Å². The number of amides is 1. The van der Waals surface area contributed by atoms with Crippen molar-refractivity contribution in [1.29, 1.82) is 0 Å². The molecule has 0 bridgehead atoms. The fraction of sp³-hybridized carbons (Fsp3) is 0.444. The molecular formula is C18H24N2O3S. The molecule has 24 heavy (non-hydrogen) atoms. The van der Waals surface area contributed by atoms with Gasteiger partial charge in [-0.05, 0) is 44.5 Å². The molecule has 0 fully saturated rings. The van der Waals surface area contributed by atoms with E-state index in [1.165, 1.54) is 0 Å². The molecule has 1 unspecified atom stereocenters. The second kappa shape index (κ2) is 8.78. The molecule has 6 heteroatoms. The van der Waals surface area contributed by atoms with Gasteiger partial charge in [0.1, 0.15) is 11.5 Å². The third-order valence-corrected chi connectivity index (χ3v) is 4.67. The number of oxazole rings is 1. The predicted molar refractivity (Wildman–Crippen MR) is 97.3 cm³/mol. The molecular weight excluding hydrogens is 324 g/mol. The normalized spacial score (nSPS) is 12.0. The molecule has 1 heterocycles. The Morgan fingerprint density at radius 1 is 1.38 bits per heavy atom. The zero-order valence-corrected chi connectivity index (χ0v) is 15.4. The van der Waals surface area contributed by atoms with Gasteiger partial charge in [-0.1, -0.05) is 6.92 Å². The lowest BCUT2D eigenvalue weighted by atomic mass is 10.2. The van der Waals surface area contributed by atoms with E-state index in [9.17, 15) is 4.79 Å². The monoisotopic (exact) mass is 348 g/mol. The van der Waals surface area contributed by atoms with Crippen molar-refractivity contribution in [2.75, 3.05) is 12.9 Å². The summed E-state index contributed by atoms with van der Waals surface area (Å²) in [7, 11) is 1.64. The van der Waals surface area contributed by atoms with E-state index in [1.54, 1.807) is 18.9 Å². The first-order valence-corrected chi connectivity index (χ1v) is 9.16. The summed E-state index contributed by atoms with van der Waals surface area (Å²) in [6.07, 6.45) is 0.935. The predicted octanol–water partition coefficient (Wildman–Crippen LogP) is 3.81. The maximum atomic E-state index is 11.8. The number of ether oxygens (including phenoxy) is 1. The van der Waals surface area contributed by atoms with Gasteiger partial charge in [0.15, 0.2) is 0 Å². The lowest BCUT2D eigenvalue weighted by Gasteiger charge is -2.10. The lowest BCUT2D eigenvalue weighted by Crippen LogP contribution is -2.33. The van der Waals surface area contributed by atoms with Gasteiger partial charge in [0, 0.05) is 17.4 Å². The molecule has 2 aromatic rings. The SMILES string of the molecule is CCC(C)NC(=O)CSCc1nc(-c2ccc(OC)cc2)oc1C. The molecule has 1 N–H and O–H groups in total. The molecule has 1 aromatic heterocycles. The molecule has 5 nitrogen and oxygen atoms in total. The summed E-state index contributed by atoms with van der Waals surface area (Å²) in [6, 6.07) is 7.81. The second-order valence-corrected chi connectivity index (χ2v) is 6.61. The topological polar surface area (TPSA) is 64.4 Å². The summed E-state index contributed by atoms with van der Waals surface area (Å²) in [4.78, 5) is 16.3. The number of thioether (sulfide) groups is 1. The van der Waals surface area contributed by atoms with Crippen LogP contribution >= 0.6 is 11.8 Å². The maximum absolute atomic E-state index is 11.8. The van der Waals surface area contributed by atoms with Gasteiger partial charge in [0.2, 0.25) is 11.8 Å². The van der Waals surface area contributed by atoms with Crippen LogP contribution in [-0.4, -0.2) is 29.8 Å². The van der Waals surface area contributed by atoms with Crippen LogP contribution in [-0.2, 0) is 10.5 Å². The Labute approximate surface area is 147 Å². The summed E-state index contributed by atoms with van der Waals surface area (Å²) in [6.45, 7) is 5.96. The number of aromatic nitrogens is 1. The van der Waals surface area contributed by atoms with Crippen molar-refractivity contribution in [3.05, 3.63) is 35.7 Å². The molecule has 0 aliphatic heterocycles. The summed E-state index contributed by atoms with van der Waals surface area (Å²) < 4.78 is 10.9. The molecule has 0 spiro atoms. The lowest BCUT2D eigenvalue weighted by molar-refractivity contribution is -0.119. The van der Waals surface area contributed by atoms with E-state index in [2.05, 4.69) is 17.2 Å². The number of methoxy groups -OCH3 is 1. The number of nitrogens with one attached hydrogen (secondary N) is 1. The minimum atomic E-state index is 0.0610. The first-order chi connectivity index (χ1) is 11.5. The molecule has 0 radical (unpaired) electrons.